The summed E-state index contributed by atoms with van der Waals surface area (Å²) in [5.74, 6) is -1.10. The van der Waals surface area contributed by atoms with Crippen LogP contribution in [-0.2, 0) is 11.3 Å². The second-order valence-electron chi connectivity index (χ2n) is 7.90. The zero-order valence-corrected chi connectivity index (χ0v) is 18.5. The zero-order chi connectivity index (χ0) is 22.0. The van der Waals surface area contributed by atoms with E-state index in [-0.39, 0.29) is 11.6 Å². The topological polar surface area (TPSA) is 37.6 Å². The molecule has 0 spiro atoms. The number of aryl methyl sites for hydroxylation is 2. The average Bonchev–Trinajstić information content (AvgIpc) is 3.32. The predicted octanol–water partition coefficient (Wildman–Crippen LogP) is 5.36. The van der Waals surface area contributed by atoms with Gasteiger partial charge in [0.25, 0.3) is 0 Å². The van der Waals surface area contributed by atoms with E-state index in [4.69, 9.17) is 0 Å². The quantitative estimate of drug-likeness (QED) is 0.508. The Balaban J connectivity index is 1.70. The minimum absolute atomic E-state index is 0.110. The Bertz CT molecular complexity index is 1180. The first-order valence-corrected chi connectivity index (χ1v) is 11.3. The summed E-state index contributed by atoms with van der Waals surface area (Å²) in [6.07, 6.45) is 2.33. The molecule has 4 rings (SSSR count). The van der Waals surface area contributed by atoms with Crippen LogP contribution in [0.4, 0.5) is 14.5 Å². The van der Waals surface area contributed by atoms with E-state index in [9.17, 15) is 13.6 Å². The van der Waals surface area contributed by atoms with Crippen molar-refractivity contribution in [2.75, 3.05) is 13.1 Å². The third kappa shape index (κ3) is 4.77. The average molecular weight is 442 g/mol. The SMILES string of the molecule is Cc1ccc(-c2csc(=Nc3ccc(F)cc3F)n2CCCN2CCCC2=O)cc1C. The van der Waals surface area contributed by atoms with Crippen molar-refractivity contribution in [1.82, 2.24) is 9.47 Å². The molecule has 0 radical (unpaired) electrons. The van der Waals surface area contributed by atoms with Gasteiger partial charge in [0.05, 0.1) is 5.69 Å². The molecule has 0 bridgehead atoms. The molecule has 1 aromatic heterocycles. The molecule has 0 aliphatic carbocycles. The highest BCUT2D eigenvalue weighted by Crippen LogP contribution is 2.25. The molecule has 0 N–H and O–H groups in total. The summed E-state index contributed by atoms with van der Waals surface area (Å²) in [4.78, 5) is 19.0. The minimum Gasteiger partial charge on any atom is -0.343 e. The summed E-state index contributed by atoms with van der Waals surface area (Å²) in [5, 5.41) is 2.02. The molecule has 1 fully saturated rings. The minimum atomic E-state index is -0.685. The molecule has 0 saturated carbocycles. The van der Waals surface area contributed by atoms with Gasteiger partial charge in [0.1, 0.15) is 11.5 Å². The number of likely N-dealkylation sites (tertiary alicyclic amines) is 1. The molecule has 7 heteroatoms. The van der Waals surface area contributed by atoms with E-state index in [0.717, 1.165) is 36.7 Å². The van der Waals surface area contributed by atoms with Crippen molar-refractivity contribution >= 4 is 22.9 Å². The van der Waals surface area contributed by atoms with Gasteiger partial charge in [0.15, 0.2) is 10.6 Å². The lowest BCUT2D eigenvalue weighted by atomic mass is 10.0. The van der Waals surface area contributed by atoms with Crippen LogP contribution in [0.1, 0.15) is 30.4 Å². The highest BCUT2D eigenvalue weighted by atomic mass is 32.1. The maximum atomic E-state index is 14.2. The van der Waals surface area contributed by atoms with E-state index < -0.39 is 11.6 Å². The molecule has 1 aliphatic heterocycles. The van der Waals surface area contributed by atoms with Crippen LogP contribution in [0.5, 0.6) is 0 Å². The largest absolute Gasteiger partial charge is 0.343 e. The van der Waals surface area contributed by atoms with Crippen LogP contribution < -0.4 is 4.80 Å². The van der Waals surface area contributed by atoms with E-state index in [1.807, 2.05) is 10.3 Å². The van der Waals surface area contributed by atoms with Crippen molar-refractivity contribution in [1.29, 1.82) is 0 Å². The fraction of sp³-hybridized carbons (Fsp3) is 0.333. The fourth-order valence-electron chi connectivity index (χ4n) is 3.80. The monoisotopic (exact) mass is 441 g/mol. The Labute approximate surface area is 184 Å². The van der Waals surface area contributed by atoms with E-state index in [2.05, 4.69) is 41.6 Å². The number of thiazole rings is 1. The number of benzene rings is 2. The van der Waals surface area contributed by atoms with Crippen molar-refractivity contribution in [2.24, 2.45) is 4.99 Å². The summed E-state index contributed by atoms with van der Waals surface area (Å²) >= 11 is 1.43. The Morgan fingerprint density at radius 2 is 1.90 bits per heavy atom. The van der Waals surface area contributed by atoms with Crippen LogP contribution in [0.2, 0.25) is 0 Å². The normalized spacial score (nSPS) is 14.6. The molecule has 2 heterocycles. The fourth-order valence-corrected chi connectivity index (χ4v) is 4.75. The smallest absolute Gasteiger partial charge is 0.222 e. The van der Waals surface area contributed by atoms with Crippen LogP contribution in [0.25, 0.3) is 11.3 Å². The second-order valence-corrected chi connectivity index (χ2v) is 8.74. The van der Waals surface area contributed by atoms with Gasteiger partial charge in [0, 0.05) is 37.5 Å². The van der Waals surface area contributed by atoms with E-state index in [0.29, 0.717) is 24.3 Å². The van der Waals surface area contributed by atoms with Crippen LogP contribution in [-0.4, -0.2) is 28.5 Å². The second kappa shape index (κ2) is 9.14. The lowest BCUT2D eigenvalue weighted by Gasteiger charge is -2.16. The molecule has 31 heavy (non-hydrogen) atoms. The van der Waals surface area contributed by atoms with Gasteiger partial charge in [0.2, 0.25) is 5.91 Å². The lowest BCUT2D eigenvalue weighted by molar-refractivity contribution is -0.127. The summed E-state index contributed by atoms with van der Waals surface area (Å²) in [6, 6.07) is 9.72. The summed E-state index contributed by atoms with van der Waals surface area (Å²) in [5.41, 5.74) is 4.59. The molecule has 1 aliphatic rings. The number of hydrogen-bond donors (Lipinski definition) is 0. The maximum absolute atomic E-state index is 14.2. The van der Waals surface area contributed by atoms with Gasteiger partial charge in [-0.1, -0.05) is 12.1 Å². The van der Waals surface area contributed by atoms with Crippen molar-refractivity contribution in [3.8, 4) is 11.3 Å². The highest BCUT2D eigenvalue weighted by Gasteiger charge is 2.19. The molecule has 0 atom stereocenters. The molecular weight excluding hydrogens is 416 g/mol. The summed E-state index contributed by atoms with van der Waals surface area (Å²) < 4.78 is 29.6. The van der Waals surface area contributed by atoms with E-state index in [1.165, 1.54) is 34.6 Å². The van der Waals surface area contributed by atoms with E-state index >= 15 is 0 Å². The standard InChI is InChI=1S/C24H25F2N3OS/c1-16-6-7-18(13-17(16)2)22-15-31-24(27-21-9-8-19(25)14-20(21)26)29(22)12-4-11-28-10-3-5-23(28)30/h6-9,13-15H,3-5,10-12H2,1-2H3. The molecule has 4 nitrogen and oxygen atoms in total. The van der Waals surface area contributed by atoms with Crippen molar-refractivity contribution in [3.05, 3.63) is 69.3 Å². The zero-order valence-electron chi connectivity index (χ0n) is 17.7. The third-order valence-corrected chi connectivity index (χ3v) is 6.57. The van der Waals surface area contributed by atoms with Gasteiger partial charge in [-0.3, -0.25) is 4.79 Å². The number of carbonyl (C=O) groups excluding carboxylic acids is 1. The first kappa shape index (κ1) is 21.4. The molecule has 1 saturated heterocycles. The Morgan fingerprint density at radius 3 is 2.61 bits per heavy atom. The van der Waals surface area contributed by atoms with Gasteiger partial charge in [-0.25, -0.2) is 13.8 Å². The summed E-state index contributed by atoms with van der Waals surface area (Å²) in [7, 11) is 0. The number of amides is 1. The van der Waals surface area contributed by atoms with Crippen LogP contribution in [0.3, 0.4) is 0 Å². The highest BCUT2D eigenvalue weighted by molar-refractivity contribution is 7.07. The molecular formula is C24H25F2N3OS. The Kier molecular flexibility index (Phi) is 6.32. The maximum Gasteiger partial charge on any atom is 0.222 e. The van der Waals surface area contributed by atoms with Crippen molar-refractivity contribution in [2.45, 2.75) is 39.7 Å². The van der Waals surface area contributed by atoms with E-state index in [1.54, 1.807) is 0 Å². The number of rotatable bonds is 6. The van der Waals surface area contributed by atoms with Crippen molar-refractivity contribution in [3.63, 3.8) is 0 Å². The number of hydrogen-bond acceptors (Lipinski definition) is 3. The van der Waals surface area contributed by atoms with Gasteiger partial charge in [-0.05, 0) is 61.6 Å². The summed E-state index contributed by atoms with van der Waals surface area (Å²) in [6.45, 7) is 6.31. The first-order chi connectivity index (χ1) is 14.9. The molecule has 0 unspecified atom stereocenters. The molecule has 2 aromatic carbocycles. The van der Waals surface area contributed by atoms with Crippen molar-refractivity contribution < 1.29 is 13.6 Å². The number of nitrogens with zero attached hydrogens (tertiary/aromatic N) is 3. The van der Waals surface area contributed by atoms with Crippen LogP contribution in [0.15, 0.2) is 46.8 Å². The van der Waals surface area contributed by atoms with Crippen LogP contribution >= 0.6 is 11.3 Å². The number of aromatic nitrogens is 1. The number of halogens is 2. The molecule has 162 valence electrons. The predicted molar refractivity (Wildman–Crippen MR) is 119 cm³/mol. The molecule has 3 aromatic rings. The molecule has 1 amide bonds. The Hall–Kier alpha value is -2.80. The van der Waals surface area contributed by atoms with Gasteiger partial charge < -0.3 is 9.47 Å². The van der Waals surface area contributed by atoms with Crippen LogP contribution in [0, 0.1) is 25.5 Å². The third-order valence-electron chi connectivity index (χ3n) is 5.71. The van der Waals surface area contributed by atoms with Gasteiger partial charge >= 0.3 is 0 Å². The van der Waals surface area contributed by atoms with Gasteiger partial charge in [-0.2, -0.15) is 0 Å². The number of carbonyl (C=O) groups is 1. The van der Waals surface area contributed by atoms with Gasteiger partial charge in [-0.15, -0.1) is 11.3 Å². The lowest BCUT2D eigenvalue weighted by Crippen LogP contribution is -2.27. The Morgan fingerprint density at radius 1 is 1.06 bits per heavy atom. The first-order valence-electron chi connectivity index (χ1n) is 10.5.